The van der Waals surface area contributed by atoms with Crippen molar-refractivity contribution in [1.29, 1.82) is 0 Å². The molecule has 0 saturated carbocycles. The van der Waals surface area contributed by atoms with Crippen LogP contribution in [0.2, 0.25) is 0 Å². The molecule has 1 N–H and O–H groups in total. The molecule has 0 bridgehead atoms. The van der Waals surface area contributed by atoms with Crippen molar-refractivity contribution in [3.8, 4) is 0 Å². The van der Waals surface area contributed by atoms with Crippen molar-refractivity contribution in [2.75, 3.05) is 158 Å². The minimum Gasteiger partial charge on any atom is -0.469 e. The number of anilines is 1. The molecule has 0 aliphatic rings. The van der Waals surface area contributed by atoms with Crippen LogP contribution in [0.1, 0.15) is 36.5 Å². The van der Waals surface area contributed by atoms with Crippen molar-refractivity contribution >= 4 is 17.6 Å². The molecule has 290 valence electrons. The summed E-state index contributed by atoms with van der Waals surface area (Å²) in [5.74, 6) is -0.654. The molecule has 15 nitrogen and oxygen atoms in total. The largest absolute Gasteiger partial charge is 0.469 e. The number of benzene rings is 1. The van der Waals surface area contributed by atoms with E-state index in [1.54, 1.807) is 12.1 Å². The number of nitrogens with one attached hydrogen (secondary N) is 1. The molecule has 0 amide bonds. The maximum Gasteiger partial charge on any atom is 0.338 e. The van der Waals surface area contributed by atoms with Gasteiger partial charge in [0, 0.05) is 12.2 Å². The van der Waals surface area contributed by atoms with Gasteiger partial charge < -0.3 is 62.2 Å². The lowest BCUT2D eigenvalue weighted by Crippen LogP contribution is -2.15. The van der Waals surface area contributed by atoms with E-state index in [-0.39, 0.29) is 25.0 Å². The topological polar surface area (TPSA) is 157 Å². The van der Waals surface area contributed by atoms with Crippen molar-refractivity contribution in [3.05, 3.63) is 29.8 Å². The second kappa shape index (κ2) is 36.4. The molecule has 1 aromatic rings. The van der Waals surface area contributed by atoms with Gasteiger partial charge in [0.05, 0.1) is 151 Å². The van der Waals surface area contributed by atoms with Gasteiger partial charge in [-0.25, -0.2) is 4.79 Å². The predicted molar refractivity (Wildman–Crippen MR) is 185 cm³/mol. The predicted octanol–water partition coefficient (Wildman–Crippen LogP) is 2.78. The first-order valence-corrected chi connectivity index (χ1v) is 17.5. The van der Waals surface area contributed by atoms with Gasteiger partial charge in [-0.3, -0.25) is 4.79 Å². The minimum absolute atomic E-state index is 0.186. The summed E-state index contributed by atoms with van der Waals surface area (Å²) < 4.78 is 64.1. The van der Waals surface area contributed by atoms with Gasteiger partial charge >= 0.3 is 11.9 Å². The molecule has 0 spiro atoms. The van der Waals surface area contributed by atoms with Gasteiger partial charge in [-0.15, -0.1) is 0 Å². The molecule has 0 unspecified atom stereocenters. The Morgan fingerprint density at radius 3 is 1.18 bits per heavy atom. The van der Waals surface area contributed by atoms with Crippen LogP contribution in [0, 0.1) is 0 Å². The number of rotatable bonds is 38. The lowest BCUT2D eigenvalue weighted by Gasteiger charge is -2.09. The summed E-state index contributed by atoms with van der Waals surface area (Å²) in [4.78, 5) is 23.1. The van der Waals surface area contributed by atoms with Crippen LogP contribution in [0.15, 0.2) is 24.3 Å². The molecule has 0 radical (unpaired) electrons. The Labute approximate surface area is 297 Å². The van der Waals surface area contributed by atoms with Gasteiger partial charge in [-0.05, 0) is 30.7 Å². The lowest BCUT2D eigenvalue weighted by atomic mass is 10.2. The van der Waals surface area contributed by atoms with Gasteiger partial charge in [-0.1, -0.05) is 13.3 Å². The Kier molecular flexibility index (Phi) is 33.1. The van der Waals surface area contributed by atoms with E-state index in [0.29, 0.717) is 138 Å². The maximum absolute atomic E-state index is 12.1. The lowest BCUT2D eigenvalue weighted by molar-refractivity contribution is -0.141. The molecular formula is C35H61NO14. The first kappa shape index (κ1) is 45.6. The molecule has 0 heterocycles. The molecule has 1 rings (SSSR count). The summed E-state index contributed by atoms with van der Waals surface area (Å²) in [6, 6.07) is 7.28. The highest BCUT2D eigenvalue weighted by molar-refractivity contribution is 5.89. The highest BCUT2D eigenvalue weighted by Crippen LogP contribution is 2.11. The first-order valence-electron chi connectivity index (χ1n) is 17.5. The quantitative estimate of drug-likeness (QED) is 0.0786. The van der Waals surface area contributed by atoms with Crippen molar-refractivity contribution < 1.29 is 66.4 Å². The van der Waals surface area contributed by atoms with Gasteiger partial charge in [-0.2, -0.15) is 0 Å². The average molecular weight is 720 g/mol. The Balaban J connectivity index is 1.70. The summed E-state index contributed by atoms with van der Waals surface area (Å²) in [5, 5.41) is 3.31. The normalized spacial score (nSPS) is 11.2. The number of carbonyl (C=O) groups excluding carboxylic acids is 2. The number of hydrogen-bond acceptors (Lipinski definition) is 15. The summed E-state index contributed by atoms with van der Waals surface area (Å²) in [6.07, 6.45) is 2.48. The first-order chi connectivity index (χ1) is 24.7. The third kappa shape index (κ3) is 30.4. The zero-order valence-electron chi connectivity index (χ0n) is 30.2. The number of methoxy groups -OCH3 is 1. The number of carbonyl (C=O) groups is 2. The zero-order valence-corrected chi connectivity index (χ0v) is 30.2. The van der Waals surface area contributed by atoms with Gasteiger partial charge in [0.25, 0.3) is 0 Å². The van der Waals surface area contributed by atoms with Gasteiger partial charge in [0.1, 0.15) is 6.61 Å². The number of ether oxygens (including phenoxy) is 12. The Hall–Kier alpha value is -2.44. The Morgan fingerprint density at radius 1 is 0.500 bits per heavy atom. The van der Waals surface area contributed by atoms with Crippen LogP contribution >= 0.6 is 0 Å². The van der Waals surface area contributed by atoms with Crippen LogP contribution < -0.4 is 5.32 Å². The molecule has 0 fully saturated rings. The van der Waals surface area contributed by atoms with E-state index in [1.807, 2.05) is 12.1 Å². The fourth-order valence-electron chi connectivity index (χ4n) is 3.75. The van der Waals surface area contributed by atoms with Crippen LogP contribution in [0.5, 0.6) is 0 Å². The fourth-order valence-corrected chi connectivity index (χ4v) is 3.75. The Morgan fingerprint density at radius 2 is 0.840 bits per heavy atom. The van der Waals surface area contributed by atoms with E-state index < -0.39 is 0 Å². The highest BCUT2D eigenvalue weighted by atomic mass is 16.6. The molecule has 0 aromatic heterocycles. The second-order valence-electron chi connectivity index (χ2n) is 10.4. The molecule has 1 aromatic carbocycles. The van der Waals surface area contributed by atoms with E-state index in [0.717, 1.165) is 25.1 Å². The third-order valence-electron chi connectivity index (χ3n) is 6.47. The molecule has 50 heavy (non-hydrogen) atoms. The van der Waals surface area contributed by atoms with E-state index in [4.69, 9.17) is 52.1 Å². The van der Waals surface area contributed by atoms with Crippen LogP contribution in [0.3, 0.4) is 0 Å². The smallest absolute Gasteiger partial charge is 0.338 e. The molecule has 0 aliphatic carbocycles. The van der Waals surface area contributed by atoms with E-state index >= 15 is 0 Å². The van der Waals surface area contributed by atoms with Crippen molar-refractivity contribution in [1.82, 2.24) is 0 Å². The molecular weight excluding hydrogens is 658 g/mol. The second-order valence-corrected chi connectivity index (χ2v) is 10.4. The van der Waals surface area contributed by atoms with Gasteiger partial charge in [0.15, 0.2) is 0 Å². The van der Waals surface area contributed by atoms with Crippen LogP contribution in [-0.4, -0.2) is 164 Å². The standard InChI is InChI=1S/C35H61NO14/c1-3-4-10-36-33-7-5-32(6-8-33)35(38)50-31-30-49-29-28-48-27-26-47-25-24-46-23-22-45-21-20-44-19-18-43-17-16-42-15-14-41-13-12-40-11-9-34(37)39-2/h5-8,36H,3-4,9-31H2,1-2H3. The highest BCUT2D eigenvalue weighted by Gasteiger charge is 2.07. The fraction of sp³-hybridized carbons (Fsp3) is 0.771. The number of esters is 2. The van der Waals surface area contributed by atoms with Crippen LogP contribution in [-0.2, 0) is 61.6 Å². The Bertz CT molecular complexity index is 893. The van der Waals surface area contributed by atoms with Gasteiger partial charge in [0.2, 0.25) is 0 Å². The summed E-state index contributed by atoms with van der Waals surface area (Å²) in [5.41, 5.74) is 1.51. The summed E-state index contributed by atoms with van der Waals surface area (Å²) >= 11 is 0. The minimum atomic E-state index is -0.365. The SMILES string of the molecule is CCCCNc1ccc(C(=O)OCCOCCOCCOCCOCCOCCOCCOCCOCCOCCOCCC(=O)OC)cc1. The van der Waals surface area contributed by atoms with Crippen LogP contribution in [0.25, 0.3) is 0 Å². The van der Waals surface area contributed by atoms with Crippen LogP contribution in [0.4, 0.5) is 5.69 Å². The van der Waals surface area contributed by atoms with Crippen molar-refractivity contribution in [2.45, 2.75) is 26.2 Å². The average Bonchev–Trinajstić information content (AvgIpc) is 3.13. The maximum atomic E-state index is 12.1. The zero-order chi connectivity index (χ0) is 36.0. The van der Waals surface area contributed by atoms with Crippen molar-refractivity contribution in [2.24, 2.45) is 0 Å². The summed E-state index contributed by atoms with van der Waals surface area (Å²) in [7, 11) is 1.35. The van der Waals surface area contributed by atoms with E-state index in [9.17, 15) is 9.59 Å². The number of hydrogen-bond donors (Lipinski definition) is 1. The van der Waals surface area contributed by atoms with E-state index in [1.165, 1.54) is 7.11 Å². The summed E-state index contributed by atoms with van der Waals surface area (Å²) in [6.45, 7) is 12.3. The number of unbranched alkanes of at least 4 members (excludes halogenated alkanes) is 1. The van der Waals surface area contributed by atoms with Crippen molar-refractivity contribution in [3.63, 3.8) is 0 Å². The molecule has 0 saturated heterocycles. The van der Waals surface area contributed by atoms with E-state index in [2.05, 4.69) is 17.0 Å². The monoisotopic (exact) mass is 719 g/mol. The molecule has 0 atom stereocenters. The molecule has 0 aliphatic heterocycles. The molecule has 15 heteroatoms. The third-order valence-corrected chi connectivity index (χ3v) is 6.47.